The number of imidazole rings is 1. The second-order valence-corrected chi connectivity index (χ2v) is 5.85. The zero-order valence-corrected chi connectivity index (χ0v) is 13.2. The van der Waals surface area contributed by atoms with Gasteiger partial charge in [0.2, 0.25) is 0 Å². The molecule has 0 fully saturated rings. The fourth-order valence-corrected chi connectivity index (χ4v) is 3.02. The van der Waals surface area contributed by atoms with Crippen LogP contribution in [0.5, 0.6) is 5.75 Å². The molecule has 25 heavy (non-hydrogen) atoms. The Balaban J connectivity index is 1.56. The lowest BCUT2D eigenvalue weighted by molar-refractivity contribution is -0.118. The maximum absolute atomic E-state index is 12.8. The number of ether oxygens (including phenoxy) is 1. The Bertz CT molecular complexity index is 904. The van der Waals surface area contributed by atoms with Crippen LogP contribution >= 0.6 is 0 Å². The van der Waals surface area contributed by atoms with E-state index in [2.05, 4.69) is 10.3 Å². The van der Waals surface area contributed by atoms with Crippen molar-refractivity contribution in [3.63, 3.8) is 0 Å². The van der Waals surface area contributed by atoms with Crippen molar-refractivity contribution in [3.05, 3.63) is 41.5 Å². The van der Waals surface area contributed by atoms with Crippen LogP contribution in [0.2, 0.25) is 0 Å². The molecule has 4 rings (SSSR count). The van der Waals surface area contributed by atoms with Crippen LogP contribution in [0.25, 0.3) is 0 Å². The second-order valence-electron chi connectivity index (χ2n) is 5.85. The molecule has 3 heterocycles. The van der Waals surface area contributed by atoms with Crippen molar-refractivity contribution in [2.24, 2.45) is 5.73 Å². The number of hydrogen-bond acceptors (Lipinski definition) is 5. The van der Waals surface area contributed by atoms with Crippen LogP contribution < -0.4 is 15.8 Å². The first kappa shape index (κ1) is 15.2. The summed E-state index contributed by atoms with van der Waals surface area (Å²) in [6, 6.07) is 4.91. The van der Waals surface area contributed by atoms with E-state index in [9.17, 15) is 14.4 Å². The largest absolute Gasteiger partial charge is 0.482 e. The van der Waals surface area contributed by atoms with Crippen LogP contribution in [0.15, 0.2) is 24.4 Å². The predicted molar refractivity (Wildman–Crippen MR) is 86.1 cm³/mol. The van der Waals surface area contributed by atoms with Gasteiger partial charge in [0, 0.05) is 18.7 Å². The molecule has 3 N–H and O–H groups in total. The lowest BCUT2D eigenvalue weighted by Gasteiger charge is -2.28. The van der Waals surface area contributed by atoms with E-state index in [1.54, 1.807) is 27.7 Å². The molecule has 0 aliphatic carbocycles. The number of carbonyl (C=O) groups is 3. The van der Waals surface area contributed by atoms with Crippen molar-refractivity contribution in [2.75, 3.05) is 18.5 Å². The number of benzene rings is 1. The van der Waals surface area contributed by atoms with E-state index in [1.807, 2.05) is 0 Å². The first-order valence-corrected chi connectivity index (χ1v) is 7.73. The summed E-state index contributed by atoms with van der Waals surface area (Å²) in [5, 5.41) is 2.69. The molecule has 0 atom stereocenters. The molecule has 2 aliphatic heterocycles. The van der Waals surface area contributed by atoms with Gasteiger partial charge in [-0.15, -0.1) is 0 Å². The van der Waals surface area contributed by atoms with E-state index in [4.69, 9.17) is 10.5 Å². The Morgan fingerprint density at radius 1 is 1.28 bits per heavy atom. The molecule has 0 saturated heterocycles. The third-order valence-corrected chi connectivity index (χ3v) is 4.27. The number of aromatic nitrogens is 2. The SMILES string of the molecule is NC(=O)c1cnc2n1CCN(C(=O)c1ccc3c(c1)OCC(=O)N3)C2. The van der Waals surface area contributed by atoms with Gasteiger partial charge in [-0.2, -0.15) is 0 Å². The van der Waals surface area contributed by atoms with Crippen LogP contribution in [0.4, 0.5) is 5.69 Å². The number of nitrogens with two attached hydrogens (primary N) is 1. The van der Waals surface area contributed by atoms with Gasteiger partial charge in [0.15, 0.2) is 6.61 Å². The van der Waals surface area contributed by atoms with Crippen molar-refractivity contribution in [1.29, 1.82) is 0 Å². The Labute approximate surface area is 142 Å². The lowest BCUT2D eigenvalue weighted by Crippen LogP contribution is -2.39. The van der Waals surface area contributed by atoms with Gasteiger partial charge < -0.3 is 25.3 Å². The van der Waals surface area contributed by atoms with Crippen LogP contribution in [0.3, 0.4) is 0 Å². The Morgan fingerprint density at radius 2 is 2.12 bits per heavy atom. The maximum atomic E-state index is 12.8. The Morgan fingerprint density at radius 3 is 2.92 bits per heavy atom. The predicted octanol–water partition coefficient (Wildman–Crippen LogP) is -0.0311. The smallest absolute Gasteiger partial charge is 0.266 e. The van der Waals surface area contributed by atoms with E-state index in [0.29, 0.717) is 48.2 Å². The quantitative estimate of drug-likeness (QED) is 0.795. The molecule has 3 amide bonds. The number of fused-ring (bicyclic) bond motifs is 2. The average Bonchev–Trinajstić information content (AvgIpc) is 3.04. The zero-order chi connectivity index (χ0) is 17.6. The van der Waals surface area contributed by atoms with E-state index in [1.165, 1.54) is 6.20 Å². The molecule has 1 aromatic carbocycles. The highest BCUT2D eigenvalue weighted by Crippen LogP contribution is 2.29. The summed E-state index contributed by atoms with van der Waals surface area (Å²) < 4.78 is 7.08. The summed E-state index contributed by atoms with van der Waals surface area (Å²) in [6.45, 7) is 1.12. The van der Waals surface area contributed by atoms with Gasteiger partial charge in [-0.25, -0.2) is 4.98 Å². The van der Waals surface area contributed by atoms with Gasteiger partial charge in [0.25, 0.3) is 17.7 Å². The highest BCUT2D eigenvalue weighted by molar-refractivity contribution is 5.99. The van der Waals surface area contributed by atoms with E-state index >= 15 is 0 Å². The molecule has 0 radical (unpaired) electrons. The lowest BCUT2D eigenvalue weighted by atomic mass is 10.1. The summed E-state index contributed by atoms with van der Waals surface area (Å²) in [5.41, 5.74) is 6.68. The normalized spacial score (nSPS) is 15.7. The van der Waals surface area contributed by atoms with Crippen molar-refractivity contribution in [2.45, 2.75) is 13.1 Å². The number of hydrogen-bond donors (Lipinski definition) is 2. The van der Waals surface area contributed by atoms with Gasteiger partial charge in [0.1, 0.15) is 17.3 Å². The van der Waals surface area contributed by atoms with Crippen molar-refractivity contribution >= 4 is 23.4 Å². The molecule has 128 valence electrons. The summed E-state index contributed by atoms with van der Waals surface area (Å²) in [4.78, 5) is 41.3. The highest BCUT2D eigenvalue weighted by atomic mass is 16.5. The fraction of sp³-hybridized carbons (Fsp3) is 0.250. The molecule has 0 saturated carbocycles. The number of primary amides is 1. The highest BCUT2D eigenvalue weighted by Gasteiger charge is 2.26. The Hall–Kier alpha value is -3.36. The van der Waals surface area contributed by atoms with Crippen LogP contribution in [-0.4, -0.2) is 45.3 Å². The van der Waals surface area contributed by atoms with Crippen molar-refractivity contribution < 1.29 is 19.1 Å². The molecule has 9 heteroatoms. The third-order valence-electron chi connectivity index (χ3n) is 4.27. The zero-order valence-electron chi connectivity index (χ0n) is 13.2. The minimum atomic E-state index is -0.535. The third kappa shape index (κ3) is 2.59. The number of rotatable bonds is 2. The standard InChI is InChI=1S/C16H15N5O4/c17-15(23)11-6-18-13-7-20(3-4-21(11)13)16(24)9-1-2-10-12(5-9)25-8-14(22)19-10/h1-2,5-6H,3-4,7-8H2,(H2,17,23)(H,19,22). The van der Waals surface area contributed by atoms with Crippen molar-refractivity contribution in [1.82, 2.24) is 14.5 Å². The van der Waals surface area contributed by atoms with Gasteiger partial charge in [0.05, 0.1) is 18.4 Å². The molecule has 0 unspecified atom stereocenters. The number of nitrogens with zero attached hydrogens (tertiary/aromatic N) is 3. The summed E-state index contributed by atoms with van der Waals surface area (Å²) in [5.74, 6) is 0.167. The molecular formula is C16H15N5O4. The summed E-state index contributed by atoms with van der Waals surface area (Å²) in [7, 11) is 0. The van der Waals surface area contributed by atoms with E-state index in [-0.39, 0.29) is 18.4 Å². The summed E-state index contributed by atoms with van der Waals surface area (Å²) in [6.07, 6.45) is 1.43. The molecule has 1 aromatic heterocycles. The van der Waals surface area contributed by atoms with Crippen molar-refractivity contribution in [3.8, 4) is 5.75 Å². The monoisotopic (exact) mass is 341 g/mol. The number of anilines is 1. The first-order chi connectivity index (χ1) is 12.0. The Kier molecular flexibility index (Phi) is 3.41. The number of amides is 3. The fourth-order valence-electron chi connectivity index (χ4n) is 3.02. The average molecular weight is 341 g/mol. The molecule has 0 spiro atoms. The van der Waals surface area contributed by atoms with Crippen LogP contribution in [-0.2, 0) is 17.9 Å². The van der Waals surface area contributed by atoms with Gasteiger partial charge >= 0.3 is 0 Å². The molecule has 0 bridgehead atoms. The van der Waals surface area contributed by atoms with Gasteiger partial charge in [-0.1, -0.05) is 0 Å². The molecule has 2 aromatic rings. The number of carbonyl (C=O) groups excluding carboxylic acids is 3. The van der Waals surface area contributed by atoms with E-state index in [0.717, 1.165) is 0 Å². The van der Waals surface area contributed by atoms with Crippen LogP contribution in [0, 0.1) is 0 Å². The van der Waals surface area contributed by atoms with Gasteiger partial charge in [-0.3, -0.25) is 14.4 Å². The minimum Gasteiger partial charge on any atom is -0.482 e. The second kappa shape index (κ2) is 5.62. The summed E-state index contributed by atoms with van der Waals surface area (Å²) >= 11 is 0. The topological polar surface area (TPSA) is 120 Å². The molecule has 9 nitrogen and oxygen atoms in total. The molecular weight excluding hydrogens is 326 g/mol. The number of nitrogens with one attached hydrogen (secondary N) is 1. The van der Waals surface area contributed by atoms with E-state index < -0.39 is 5.91 Å². The van der Waals surface area contributed by atoms with Gasteiger partial charge in [-0.05, 0) is 18.2 Å². The maximum Gasteiger partial charge on any atom is 0.266 e. The first-order valence-electron chi connectivity index (χ1n) is 7.73. The molecule has 2 aliphatic rings. The van der Waals surface area contributed by atoms with Crippen LogP contribution in [0.1, 0.15) is 26.7 Å². The minimum absolute atomic E-state index is 0.0678.